The van der Waals surface area contributed by atoms with Crippen LogP contribution in [0.3, 0.4) is 0 Å². The summed E-state index contributed by atoms with van der Waals surface area (Å²) >= 11 is 35.2. The minimum atomic E-state index is -3.84. The summed E-state index contributed by atoms with van der Waals surface area (Å²) in [7, 11) is -0.812. The van der Waals surface area contributed by atoms with Crippen LogP contribution in [0.25, 0.3) is 10.2 Å². The molecule has 3 amide bonds. The normalized spacial score (nSPS) is 10.4. The molecule has 0 aliphatic heterocycles. The van der Waals surface area contributed by atoms with E-state index in [0.29, 0.717) is 39.9 Å². The maximum atomic E-state index is 12.7. The smallest absolute Gasteiger partial charge is 0.411 e. The number of fused-ring (bicyclic) bond motifs is 1. The fourth-order valence-corrected chi connectivity index (χ4v) is 5.32. The first-order chi connectivity index (χ1) is 22.6. The number of sulfonamides is 1. The minimum Gasteiger partial charge on any atom is -0.411 e. The number of azo groups is 1. The number of benzene rings is 3. The molecule has 4 aromatic rings. The molecule has 4 rings (SSSR count). The van der Waals surface area contributed by atoms with Crippen LogP contribution in [0.5, 0.6) is 0 Å². The van der Waals surface area contributed by atoms with Gasteiger partial charge in [-0.05, 0) is 75.8 Å². The second kappa shape index (κ2) is 21.7. The van der Waals surface area contributed by atoms with Gasteiger partial charge in [0.1, 0.15) is 0 Å². The first-order valence-corrected chi connectivity index (χ1v) is 17.9. The Kier molecular flexibility index (Phi) is 19.7. The van der Waals surface area contributed by atoms with Crippen molar-refractivity contribution in [3.05, 3.63) is 66.7 Å². The molecule has 2 radical (unpaired) electrons. The maximum absolute atomic E-state index is 12.7. The first kappa shape index (κ1) is 44.6. The predicted octanol–water partition coefficient (Wildman–Crippen LogP) is 5.59. The quantitative estimate of drug-likeness (QED) is 0.0540. The summed E-state index contributed by atoms with van der Waals surface area (Å²) in [5.41, 5.74) is 2.75. The number of nitrogens with zero attached hydrogens (tertiary/aromatic N) is 5. The number of amides is 3. The Balaban J connectivity index is 0.000000674. The van der Waals surface area contributed by atoms with E-state index in [-0.39, 0.29) is 38.0 Å². The third kappa shape index (κ3) is 15.5. The van der Waals surface area contributed by atoms with E-state index in [0.717, 1.165) is 20.0 Å². The number of thiocarbonyl (C=S) groups is 2. The summed E-state index contributed by atoms with van der Waals surface area (Å²) in [5.74, 6) is -0.607. The molecule has 49 heavy (non-hydrogen) atoms. The van der Waals surface area contributed by atoms with Gasteiger partial charge in [-0.15, -0.1) is 0 Å². The molecule has 2 N–H and O–H groups in total. The van der Waals surface area contributed by atoms with E-state index in [9.17, 15) is 22.8 Å². The summed E-state index contributed by atoms with van der Waals surface area (Å²) < 4.78 is 29.7. The van der Waals surface area contributed by atoms with Crippen LogP contribution in [0.2, 0.25) is 0 Å². The van der Waals surface area contributed by atoms with Crippen molar-refractivity contribution in [2.24, 2.45) is 10.2 Å². The SMILES string of the molecule is CN(C=O)C(=S)[S-].CN(C=O)C(=S)[S-].O=C(Nc1ccc(S(=O)(=O)Nc2ccc(N=Nc3ccc4nc([S-])sc4c3)cc2)cc1)C(Cl)Cl.[Sb+3]. The number of thiazole rings is 1. The Morgan fingerprint density at radius 1 is 0.898 bits per heavy atom. The van der Waals surface area contributed by atoms with Crippen LogP contribution in [0.15, 0.2) is 86.2 Å². The molecule has 0 saturated carbocycles. The third-order valence-corrected chi connectivity index (χ3v) is 9.38. The summed E-state index contributed by atoms with van der Waals surface area (Å²) in [6.07, 6.45) is 1.16. The van der Waals surface area contributed by atoms with Gasteiger partial charge in [-0.3, -0.25) is 24.1 Å². The van der Waals surface area contributed by atoms with Crippen molar-refractivity contribution in [1.29, 1.82) is 0 Å². The van der Waals surface area contributed by atoms with Crippen LogP contribution >= 0.6 is 59.0 Å². The van der Waals surface area contributed by atoms with Crippen molar-refractivity contribution in [2.75, 3.05) is 24.1 Å². The van der Waals surface area contributed by atoms with Crippen LogP contribution < -0.4 is 10.0 Å². The molecule has 3 aromatic carbocycles. The van der Waals surface area contributed by atoms with Gasteiger partial charge in [-0.1, -0.05) is 31.8 Å². The fraction of sp³-hybridized carbons (Fsp3) is 0.111. The molecule has 0 unspecified atom stereocenters. The van der Waals surface area contributed by atoms with Gasteiger partial charge in [0.25, 0.3) is 15.9 Å². The third-order valence-electron chi connectivity index (χ3n) is 5.28. The van der Waals surface area contributed by atoms with Crippen molar-refractivity contribution in [3.63, 3.8) is 0 Å². The Morgan fingerprint density at radius 3 is 1.86 bits per heavy atom. The monoisotopic (exact) mass is 939 g/mol. The second-order valence-electron chi connectivity index (χ2n) is 8.76. The van der Waals surface area contributed by atoms with E-state index in [2.05, 4.69) is 74.9 Å². The number of nitrogens with one attached hydrogen (secondary N) is 2. The van der Waals surface area contributed by atoms with Crippen molar-refractivity contribution < 1.29 is 22.8 Å². The first-order valence-electron chi connectivity index (χ1n) is 12.7. The number of alkyl halides is 2. The van der Waals surface area contributed by atoms with Gasteiger partial charge in [-0.25, -0.2) is 8.42 Å². The van der Waals surface area contributed by atoms with Gasteiger partial charge in [0, 0.05) is 25.5 Å². The van der Waals surface area contributed by atoms with Gasteiger partial charge in [-0.2, -0.15) is 10.2 Å². The maximum Gasteiger partial charge on any atom is 3.00 e. The molecule has 256 valence electrons. The Bertz CT molecular complexity index is 1880. The summed E-state index contributed by atoms with van der Waals surface area (Å²) in [5, 5.41) is 10.9. The molecular formula is C27H22Cl2N7O5S7Sb. The molecule has 0 saturated heterocycles. The van der Waals surface area contributed by atoms with Gasteiger partial charge < -0.3 is 88.8 Å². The van der Waals surface area contributed by atoms with Gasteiger partial charge in [0.15, 0.2) is 4.84 Å². The van der Waals surface area contributed by atoms with E-state index in [4.69, 9.17) is 35.8 Å². The molecule has 0 fully saturated rings. The average Bonchev–Trinajstić information content (AvgIpc) is 3.43. The van der Waals surface area contributed by atoms with Crippen LogP contribution in [-0.2, 0) is 62.3 Å². The molecule has 0 atom stereocenters. The number of hydrogen-bond donors (Lipinski definition) is 2. The van der Waals surface area contributed by atoms with Crippen molar-refractivity contribution in [3.8, 4) is 0 Å². The van der Waals surface area contributed by atoms with Crippen LogP contribution in [0.4, 0.5) is 22.7 Å². The Morgan fingerprint density at radius 2 is 1.39 bits per heavy atom. The molecule has 22 heteroatoms. The van der Waals surface area contributed by atoms with E-state index in [1.807, 2.05) is 12.1 Å². The summed E-state index contributed by atoms with van der Waals surface area (Å²) in [6.45, 7) is 0. The van der Waals surface area contributed by atoms with Crippen molar-refractivity contribution in [2.45, 2.75) is 14.1 Å². The van der Waals surface area contributed by atoms with Gasteiger partial charge in [0.05, 0.1) is 21.8 Å². The second-order valence-corrected chi connectivity index (χ2v) is 15.3. The van der Waals surface area contributed by atoms with E-state index in [1.54, 1.807) is 30.3 Å². The fourth-order valence-electron chi connectivity index (χ4n) is 2.88. The molecule has 0 bridgehead atoms. The number of anilines is 2. The zero-order chi connectivity index (χ0) is 36.0. The molecule has 1 heterocycles. The van der Waals surface area contributed by atoms with E-state index >= 15 is 0 Å². The van der Waals surface area contributed by atoms with Gasteiger partial charge >= 0.3 is 24.4 Å². The van der Waals surface area contributed by atoms with Crippen molar-refractivity contribution in [1.82, 2.24) is 14.8 Å². The molecule has 0 spiro atoms. The predicted molar refractivity (Wildman–Crippen MR) is 211 cm³/mol. The number of halogens is 2. The zero-order valence-electron chi connectivity index (χ0n) is 24.9. The van der Waals surface area contributed by atoms with E-state index < -0.39 is 20.8 Å². The summed E-state index contributed by atoms with van der Waals surface area (Å²) in [4.78, 5) is 36.3. The molecule has 12 nitrogen and oxygen atoms in total. The van der Waals surface area contributed by atoms with Crippen molar-refractivity contribution >= 4 is 192 Å². The zero-order valence-corrected chi connectivity index (χ0v) is 34.7. The number of aromatic nitrogens is 1. The minimum absolute atomic E-state index is 0. The molecular weight excluding hydrogens is 919 g/mol. The average molecular weight is 942 g/mol. The van der Waals surface area contributed by atoms with Gasteiger partial charge in [0.2, 0.25) is 12.8 Å². The largest absolute Gasteiger partial charge is 3.00 e. The number of carbonyl (C=O) groups is 3. The standard InChI is InChI=1S/C21H15Cl2N5O3S3.2C3H5NOS2.Sb/c22-19(23)20(29)24-12-5-8-16(9-6-12)34(30,31)28-14-3-1-13(2-4-14)26-27-15-7-10-17-18(11-15)33-21(32)25-17;2*1-4(2-5)3(6)7;/h1-11,19,28H,(H,24,29)(H,25,32);2*2H,1H3,(H,6,7);/q;;;+3/p-3. The molecule has 1 aromatic heterocycles. The topological polar surface area (TPSA) is 154 Å². The Labute approximate surface area is 341 Å². The number of rotatable bonds is 9. The number of hydrogen-bond acceptors (Lipinski definition) is 14. The Hall–Kier alpha value is -2.45. The number of carbonyl (C=O) groups excluding carboxylic acids is 3. The molecule has 0 aliphatic rings. The molecule has 0 aliphatic carbocycles. The van der Waals surface area contributed by atoms with Crippen LogP contribution in [0.1, 0.15) is 0 Å². The summed E-state index contributed by atoms with van der Waals surface area (Å²) in [6, 6.07) is 17.5. The van der Waals surface area contributed by atoms with Crippen LogP contribution in [0, 0.1) is 0 Å². The van der Waals surface area contributed by atoms with E-state index in [1.165, 1.54) is 49.7 Å². The van der Waals surface area contributed by atoms with Crippen LogP contribution in [-0.4, -0.2) is 93.9 Å².